The maximum Gasteiger partial charge on any atom is 0.250 e. The fourth-order valence-corrected chi connectivity index (χ4v) is 5.48. The van der Waals surface area contributed by atoms with Gasteiger partial charge in [-0.25, -0.2) is 4.39 Å². The molecule has 2 fully saturated rings. The lowest BCUT2D eigenvalue weighted by Crippen LogP contribution is -2.56. The molecule has 3 heterocycles. The highest BCUT2D eigenvalue weighted by molar-refractivity contribution is 6.15. The first-order valence-electron chi connectivity index (χ1n) is 10.5. The Kier molecular flexibility index (Phi) is 4.15. The predicted octanol–water partition coefficient (Wildman–Crippen LogP) is 2.59. The summed E-state index contributed by atoms with van der Waals surface area (Å²) in [5.41, 5.74) is -0.360. The standard InChI is InChI=1S/C24H24FN3O3/c1-23(2,3)28-20(29)18-17(11-13-7-5-4-6-8-13)27-24(19(18)21(28)30)15-12-14(25)9-10-16(15)26-22(24)31/h4-10,12,17-19,27H,11H2,1-3H3,(H,26,31)/t17-,18+,19-,24-/m0/s1. The van der Waals surface area contributed by atoms with E-state index in [-0.39, 0.29) is 5.91 Å². The van der Waals surface area contributed by atoms with Gasteiger partial charge in [0.05, 0.1) is 11.8 Å². The van der Waals surface area contributed by atoms with Crippen LogP contribution in [-0.4, -0.2) is 34.2 Å². The lowest BCUT2D eigenvalue weighted by atomic mass is 9.76. The molecule has 0 radical (unpaired) electrons. The minimum absolute atomic E-state index is 0.287. The molecular formula is C24H24FN3O3. The summed E-state index contributed by atoms with van der Waals surface area (Å²) in [6, 6.07) is 13.2. The van der Waals surface area contributed by atoms with Crippen molar-refractivity contribution in [3.05, 3.63) is 65.5 Å². The van der Waals surface area contributed by atoms with Crippen LogP contribution in [0.3, 0.4) is 0 Å². The first-order chi connectivity index (χ1) is 14.6. The van der Waals surface area contributed by atoms with Crippen LogP contribution in [0.4, 0.5) is 10.1 Å². The summed E-state index contributed by atoms with van der Waals surface area (Å²) in [5, 5.41) is 6.13. The Labute approximate surface area is 179 Å². The number of hydrogen-bond acceptors (Lipinski definition) is 4. The van der Waals surface area contributed by atoms with E-state index >= 15 is 0 Å². The van der Waals surface area contributed by atoms with Crippen LogP contribution in [0.15, 0.2) is 48.5 Å². The smallest absolute Gasteiger partial charge is 0.250 e. The lowest BCUT2D eigenvalue weighted by molar-refractivity contribution is -0.147. The van der Waals surface area contributed by atoms with Crippen molar-refractivity contribution in [3.8, 4) is 0 Å². The maximum absolute atomic E-state index is 14.2. The van der Waals surface area contributed by atoms with Gasteiger partial charge in [0, 0.05) is 22.8 Å². The molecule has 2 N–H and O–H groups in total. The molecular weight excluding hydrogens is 397 g/mol. The minimum Gasteiger partial charge on any atom is -0.324 e. The lowest BCUT2D eigenvalue weighted by Gasteiger charge is -2.34. The van der Waals surface area contributed by atoms with Crippen LogP contribution < -0.4 is 10.6 Å². The Morgan fingerprint density at radius 2 is 1.74 bits per heavy atom. The van der Waals surface area contributed by atoms with Gasteiger partial charge >= 0.3 is 0 Å². The molecule has 1 spiro atoms. The van der Waals surface area contributed by atoms with Crippen molar-refractivity contribution in [2.24, 2.45) is 11.8 Å². The van der Waals surface area contributed by atoms with Crippen LogP contribution in [-0.2, 0) is 26.3 Å². The highest BCUT2D eigenvalue weighted by Crippen LogP contribution is 2.54. The number of carbonyl (C=O) groups excluding carboxylic acids is 3. The molecule has 0 unspecified atom stereocenters. The van der Waals surface area contributed by atoms with Crippen molar-refractivity contribution in [2.45, 2.75) is 44.3 Å². The predicted molar refractivity (Wildman–Crippen MR) is 112 cm³/mol. The van der Waals surface area contributed by atoms with Gasteiger partial charge in [0.15, 0.2) is 0 Å². The summed E-state index contributed by atoms with van der Waals surface area (Å²) in [5.74, 6) is -3.24. The Morgan fingerprint density at radius 3 is 2.42 bits per heavy atom. The molecule has 3 amide bonds. The van der Waals surface area contributed by atoms with E-state index in [4.69, 9.17) is 0 Å². The highest BCUT2D eigenvalue weighted by atomic mass is 19.1. The number of anilines is 1. The number of halogens is 1. The summed E-state index contributed by atoms with van der Waals surface area (Å²) < 4.78 is 14.2. The average Bonchev–Trinajstić information content (AvgIpc) is 3.27. The van der Waals surface area contributed by atoms with Crippen molar-refractivity contribution in [2.75, 3.05) is 5.32 Å². The van der Waals surface area contributed by atoms with Gasteiger partial charge in [0.2, 0.25) is 17.7 Å². The van der Waals surface area contributed by atoms with Crippen molar-refractivity contribution >= 4 is 23.4 Å². The van der Waals surface area contributed by atoms with Gasteiger partial charge in [0.25, 0.3) is 0 Å². The minimum atomic E-state index is -1.48. The van der Waals surface area contributed by atoms with Crippen LogP contribution in [0.25, 0.3) is 0 Å². The summed E-state index contributed by atoms with van der Waals surface area (Å²) in [7, 11) is 0. The molecule has 2 aromatic carbocycles. The molecule has 3 aliphatic heterocycles. The van der Waals surface area contributed by atoms with E-state index in [1.165, 1.54) is 23.1 Å². The SMILES string of the molecule is CC(C)(C)N1C(=O)[C@@H]2[C@H](Cc3ccccc3)N[C@]3(C(=O)Nc4ccc(F)cc43)[C@@H]2C1=O. The fraction of sp³-hybridized carbons (Fsp3) is 0.375. The number of carbonyl (C=O) groups is 3. The molecule has 0 saturated carbocycles. The van der Waals surface area contributed by atoms with E-state index in [0.29, 0.717) is 17.7 Å². The summed E-state index contributed by atoms with van der Waals surface area (Å²) >= 11 is 0. The third-order valence-corrected chi connectivity index (χ3v) is 6.65. The van der Waals surface area contributed by atoms with E-state index in [0.717, 1.165) is 5.56 Å². The van der Waals surface area contributed by atoms with Crippen molar-refractivity contribution in [1.82, 2.24) is 10.2 Å². The Balaban J connectivity index is 1.68. The monoisotopic (exact) mass is 421 g/mol. The summed E-state index contributed by atoms with van der Waals surface area (Å²) in [6.45, 7) is 5.41. The van der Waals surface area contributed by atoms with Gasteiger partial charge in [-0.2, -0.15) is 0 Å². The Bertz CT molecular complexity index is 1110. The third kappa shape index (κ3) is 2.69. The number of nitrogens with one attached hydrogen (secondary N) is 2. The third-order valence-electron chi connectivity index (χ3n) is 6.65. The molecule has 31 heavy (non-hydrogen) atoms. The van der Waals surface area contributed by atoms with Gasteiger partial charge in [-0.3, -0.25) is 24.6 Å². The van der Waals surface area contributed by atoms with Gasteiger partial charge in [-0.05, 0) is 51.0 Å². The fourth-order valence-electron chi connectivity index (χ4n) is 5.48. The molecule has 7 heteroatoms. The van der Waals surface area contributed by atoms with E-state index in [2.05, 4.69) is 10.6 Å². The quantitative estimate of drug-likeness (QED) is 0.731. The first kappa shape index (κ1) is 19.9. The van der Waals surface area contributed by atoms with Gasteiger partial charge in [0.1, 0.15) is 11.4 Å². The van der Waals surface area contributed by atoms with Crippen LogP contribution in [0.5, 0.6) is 0 Å². The normalized spacial score (nSPS) is 29.5. The molecule has 0 bridgehead atoms. The van der Waals surface area contributed by atoms with Gasteiger partial charge in [-0.15, -0.1) is 0 Å². The van der Waals surface area contributed by atoms with E-state index < -0.39 is 46.6 Å². The Morgan fingerprint density at radius 1 is 1.03 bits per heavy atom. The number of imide groups is 1. The molecule has 160 valence electrons. The molecule has 0 aliphatic carbocycles. The number of amides is 3. The number of fused-ring (bicyclic) bond motifs is 4. The number of rotatable bonds is 2. The molecule has 4 atom stereocenters. The van der Waals surface area contributed by atoms with Crippen molar-refractivity contribution in [3.63, 3.8) is 0 Å². The van der Waals surface area contributed by atoms with Crippen LogP contribution in [0, 0.1) is 17.7 Å². The summed E-state index contributed by atoms with van der Waals surface area (Å²) in [6.07, 6.45) is 0.471. The average molecular weight is 421 g/mol. The second kappa shape index (κ2) is 6.47. The van der Waals surface area contributed by atoms with E-state index in [9.17, 15) is 18.8 Å². The highest BCUT2D eigenvalue weighted by Gasteiger charge is 2.71. The van der Waals surface area contributed by atoms with Gasteiger partial charge in [-0.1, -0.05) is 30.3 Å². The molecule has 3 aliphatic rings. The Hall–Kier alpha value is -3.06. The number of likely N-dealkylation sites (tertiary alicyclic amines) is 1. The second-order valence-corrected chi connectivity index (χ2v) is 9.58. The molecule has 6 nitrogen and oxygen atoms in total. The number of nitrogens with zero attached hydrogens (tertiary/aromatic N) is 1. The van der Waals surface area contributed by atoms with Crippen molar-refractivity contribution in [1.29, 1.82) is 0 Å². The van der Waals surface area contributed by atoms with Crippen LogP contribution >= 0.6 is 0 Å². The number of hydrogen-bond donors (Lipinski definition) is 2. The van der Waals surface area contributed by atoms with Crippen LogP contribution in [0.2, 0.25) is 0 Å². The van der Waals surface area contributed by atoms with Crippen LogP contribution in [0.1, 0.15) is 31.9 Å². The summed E-state index contributed by atoms with van der Waals surface area (Å²) in [4.78, 5) is 41.8. The topological polar surface area (TPSA) is 78.5 Å². The maximum atomic E-state index is 14.2. The van der Waals surface area contributed by atoms with Gasteiger partial charge < -0.3 is 5.32 Å². The second-order valence-electron chi connectivity index (χ2n) is 9.58. The first-order valence-corrected chi connectivity index (χ1v) is 10.5. The van der Waals surface area contributed by atoms with Crippen molar-refractivity contribution < 1.29 is 18.8 Å². The molecule has 2 aromatic rings. The zero-order chi connectivity index (χ0) is 22.1. The van der Waals surface area contributed by atoms with E-state index in [1.54, 1.807) is 20.8 Å². The largest absolute Gasteiger partial charge is 0.324 e. The molecule has 0 aromatic heterocycles. The van der Waals surface area contributed by atoms with E-state index in [1.807, 2.05) is 30.3 Å². The zero-order valence-electron chi connectivity index (χ0n) is 17.6. The molecule has 5 rings (SSSR count). The molecule has 2 saturated heterocycles. The number of benzene rings is 2. The zero-order valence-corrected chi connectivity index (χ0v) is 17.6.